The number of hydrogen-bond donors (Lipinski definition) is 2. The van der Waals surface area contributed by atoms with E-state index in [0.29, 0.717) is 0 Å². The monoisotopic (exact) mass is 259 g/mol. The summed E-state index contributed by atoms with van der Waals surface area (Å²) in [5.74, 6) is -0.264. The van der Waals surface area contributed by atoms with Crippen molar-refractivity contribution < 1.29 is 16.8 Å². The van der Waals surface area contributed by atoms with Crippen LogP contribution in [0.2, 0.25) is 0 Å². The molecular weight excluding hydrogens is 242 g/mol. The molecule has 0 heterocycles. The van der Waals surface area contributed by atoms with E-state index in [1.165, 1.54) is 14.1 Å². The summed E-state index contributed by atoms with van der Waals surface area (Å²) in [7, 11) is -3.81. The van der Waals surface area contributed by atoms with Crippen LogP contribution in [0.25, 0.3) is 0 Å². The van der Waals surface area contributed by atoms with Crippen molar-refractivity contribution in [1.29, 1.82) is 0 Å². The van der Waals surface area contributed by atoms with Crippen LogP contribution in [0.15, 0.2) is 0 Å². The van der Waals surface area contributed by atoms with Gasteiger partial charge in [-0.1, -0.05) is 0 Å². The van der Waals surface area contributed by atoms with Crippen LogP contribution in [-0.2, 0) is 20.0 Å². The van der Waals surface area contributed by atoms with E-state index >= 15 is 0 Å². The van der Waals surface area contributed by atoms with Crippen LogP contribution in [0.1, 0.15) is 0 Å². The van der Waals surface area contributed by atoms with E-state index in [1.54, 1.807) is 0 Å². The van der Waals surface area contributed by atoms with Gasteiger partial charge in [-0.25, -0.2) is 26.3 Å². The lowest BCUT2D eigenvalue weighted by molar-refractivity contribution is 0.518. The summed E-state index contributed by atoms with van der Waals surface area (Å²) in [6.45, 7) is 0.359. The molecule has 9 heteroatoms. The minimum atomic E-state index is -3.48. The zero-order chi connectivity index (χ0) is 12.1. The Kier molecular flexibility index (Phi) is 5.67. The largest absolute Gasteiger partial charge is 0.315 e. The lowest BCUT2D eigenvalue weighted by atomic mass is 10.7. The molecule has 92 valence electrons. The standard InChI is InChI=1S/C6H17N3O4S2/c1-9(2)15(12,13)6-4-8-3-5-14(7,10)11/h8H,3-6H2,1-2H3,(H2,7,10,11). The van der Waals surface area contributed by atoms with Crippen LogP contribution in [-0.4, -0.2) is 59.8 Å². The van der Waals surface area contributed by atoms with Gasteiger partial charge in [0.05, 0.1) is 11.5 Å². The van der Waals surface area contributed by atoms with Crippen molar-refractivity contribution in [3.63, 3.8) is 0 Å². The molecule has 3 N–H and O–H groups in total. The fraction of sp³-hybridized carbons (Fsp3) is 1.00. The molecule has 0 atom stereocenters. The van der Waals surface area contributed by atoms with Crippen LogP contribution < -0.4 is 10.5 Å². The van der Waals surface area contributed by atoms with Gasteiger partial charge in [-0.05, 0) is 0 Å². The molecule has 0 spiro atoms. The maximum Gasteiger partial charge on any atom is 0.214 e. The summed E-state index contributed by atoms with van der Waals surface area (Å²) >= 11 is 0. The summed E-state index contributed by atoms with van der Waals surface area (Å²) in [4.78, 5) is 0. The van der Waals surface area contributed by atoms with Gasteiger partial charge in [0.25, 0.3) is 0 Å². The molecule has 0 amide bonds. The van der Waals surface area contributed by atoms with Crippen molar-refractivity contribution in [1.82, 2.24) is 9.62 Å². The van der Waals surface area contributed by atoms with Crippen molar-refractivity contribution >= 4 is 20.0 Å². The number of nitrogens with two attached hydrogens (primary N) is 1. The molecule has 0 aromatic rings. The van der Waals surface area contributed by atoms with E-state index < -0.39 is 20.0 Å². The number of rotatable bonds is 7. The Morgan fingerprint density at radius 2 is 1.53 bits per heavy atom. The number of nitrogens with zero attached hydrogens (tertiary/aromatic N) is 1. The van der Waals surface area contributed by atoms with Gasteiger partial charge >= 0.3 is 0 Å². The van der Waals surface area contributed by atoms with Gasteiger partial charge in [-0.3, -0.25) is 0 Å². The smallest absolute Gasteiger partial charge is 0.214 e. The molecule has 0 saturated heterocycles. The van der Waals surface area contributed by atoms with E-state index in [1.807, 2.05) is 0 Å². The van der Waals surface area contributed by atoms with E-state index in [2.05, 4.69) is 5.32 Å². The van der Waals surface area contributed by atoms with Gasteiger partial charge in [0.15, 0.2) is 0 Å². The molecule has 7 nitrogen and oxygen atoms in total. The first-order chi connectivity index (χ1) is 6.65. The fourth-order valence-corrected chi connectivity index (χ4v) is 1.92. The molecule has 0 aliphatic carbocycles. The molecule has 0 unspecified atom stereocenters. The number of hydrogen-bond acceptors (Lipinski definition) is 5. The van der Waals surface area contributed by atoms with Gasteiger partial charge in [0, 0.05) is 27.2 Å². The molecule has 15 heavy (non-hydrogen) atoms. The normalized spacial score (nSPS) is 13.3. The predicted molar refractivity (Wildman–Crippen MR) is 58.3 cm³/mol. The molecule has 0 aromatic carbocycles. The zero-order valence-corrected chi connectivity index (χ0v) is 10.4. The fourth-order valence-electron chi connectivity index (χ4n) is 0.723. The van der Waals surface area contributed by atoms with Crippen LogP contribution in [0.4, 0.5) is 0 Å². The van der Waals surface area contributed by atoms with Crippen LogP contribution in [0.3, 0.4) is 0 Å². The summed E-state index contributed by atoms with van der Waals surface area (Å²) in [6, 6.07) is 0. The van der Waals surface area contributed by atoms with Gasteiger partial charge in [-0.15, -0.1) is 0 Å². The summed E-state index contributed by atoms with van der Waals surface area (Å²) in [5, 5.41) is 7.45. The molecular formula is C6H17N3O4S2. The first-order valence-corrected chi connectivity index (χ1v) is 7.59. The third kappa shape index (κ3) is 7.68. The average Bonchev–Trinajstić information content (AvgIpc) is 2.00. The summed E-state index contributed by atoms with van der Waals surface area (Å²) in [6.07, 6.45) is 0. The molecule has 0 bridgehead atoms. The van der Waals surface area contributed by atoms with Crippen LogP contribution in [0, 0.1) is 0 Å². The Morgan fingerprint density at radius 1 is 1.07 bits per heavy atom. The molecule has 0 aromatic heterocycles. The van der Waals surface area contributed by atoms with Crippen molar-refractivity contribution in [2.24, 2.45) is 5.14 Å². The van der Waals surface area contributed by atoms with E-state index in [9.17, 15) is 16.8 Å². The highest BCUT2D eigenvalue weighted by Gasteiger charge is 2.12. The SMILES string of the molecule is CN(C)S(=O)(=O)CCNCCS(N)(=O)=O. The van der Waals surface area contributed by atoms with Crippen LogP contribution >= 0.6 is 0 Å². The highest BCUT2D eigenvalue weighted by Crippen LogP contribution is 1.91. The Hall–Kier alpha value is -0.220. The summed E-state index contributed by atoms with van der Waals surface area (Å²) in [5.41, 5.74) is 0. The van der Waals surface area contributed by atoms with E-state index in [-0.39, 0.29) is 24.6 Å². The topological polar surface area (TPSA) is 110 Å². The first-order valence-electron chi connectivity index (χ1n) is 4.26. The Bertz CT molecular complexity index is 373. The van der Waals surface area contributed by atoms with E-state index in [0.717, 1.165) is 4.31 Å². The lowest BCUT2D eigenvalue weighted by Crippen LogP contribution is -2.34. The zero-order valence-electron chi connectivity index (χ0n) is 8.80. The highest BCUT2D eigenvalue weighted by molar-refractivity contribution is 7.89. The van der Waals surface area contributed by atoms with Crippen molar-refractivity contribution in [2.75, 3.05) is 38.7 Å². The van der Waals surface area contributed by atoms with E-state index in [4.69, 9.17) is 5.14 Å². The first kappa shape index (κ1) is 14.8. The molecule has 0 rings (SSSR count). The molecule has 0 fully saturated rings. The third-order valence-corrected chi connectivity index (χ3v) is 4.26. The maximum atomic E-state index is 11.2. The third-order valence-electron chi connectivity index (χ3n) is 1.66. The molecule has 0 aliphatic rings. The van der Waals surface area contributed by atoms with Crippen molar-refractivity contribution in [3.8, 4) is 0 Å². The van der Waals surface area contributed by atoms with Gasteiger partial charge in [-0.2, -0.15) is 0 Å². The molecule has 0 saturated carbocycles. The average molecular weight is 259 g/mol. The predicted octanol–water partition coefficient (Wildman–Crippen LogP) is -2.24. The number of primary sulfonamides is 1. The van der Waals surface area contributed by atoms with Crippen molar-refractivity contribution in [2.45, 2.75) is 0 Å². The minimum absolute atomic E-state index is 0.0649. The summed E-state index contributed by atoms with van der Waals surface area (Å²) < 4.78 is 44.6. The highest BCUT2D eigenvalue weighted by atomic mass is 32.2. The van der Waals surface area contributed by atoms with Gasteiger partial charge in [0.1, 0.15) is 0 Å². The second kappa shape index (κ2) is 5.75. The van der Waals surface area contributed by atoms with Crippen LogP contribution in [0.5, 0.6) is 0 Å². The van der Waals surface area contributed by atoms with Crippen molar-refractivity contribution in [3.05, 3.63) is 0 Å². The Morgan fingerprint density at radius 3 is 1.93 bits per heavy atom. The second-order valence-electron chi connectivity index (χ2n) is 3.22. The maximum absolute atomic E-state index is 11.2. The quantitative estimate of drug-likeness (QED) is 0.502. The second-order valence-corrected chi connectivity index (χ2v) is 7.25. The molecule has 0 aliphatic heterocycles. The van der Waals surface area contributed by atoms with Gasteiger partial charge < -0.3 is 5.32 Å². The number of sulfonamides is 2. The lowest BCUT2D eigenvalue weighted by Gasteiger charge is -2.11. The molecule has 0 radical (unpaired) electrons. The Balaban J connectivity index is 3.74. The number of nitrogens with one attached hydrogen (secondary N) is 1. The minimum Gasteiger partial charge on any atom is -0.315 e. The van der Waals surface area contributed by atoms with Gasteiger partial charge in [0.2, 0.25) is 20.0 Å². The Labute approximate surface area is 90.7 Å².